The fourth-order valence-electron chi connectivity index (χ4n) is 4.28. The van der Waals surface area contributed by atoms with Crippen LogP contribution in [0.15, 0.2) is 79.0 Å². The molecule has 0 saturated heterocycles. The number of aromatic nitrogens is 3. The summed E-state index contributed by atoms with van der Waals surface area (Å²) < 4.78 is 41.9. The number of nitriles is 1. The van der Waals surface area contributed by atoms with E-state index < -0.39 is 11.7 Å². The third-order valence-corrected chi connectivity index (χ3v) is 5.92. The van der Waals surface area contributed by atoms with Crippen molar-refractivity contribution in [2.75, 3.05) is 5.73 Å². The summed E-state index contributed by atoms with van der Waals surface area (Å²) in [6.07, 6.45) is -2.69. The summed E-state index contributed by atoms with van der Waals surface area (Å²) in [5.74, 6) is 0.0233. The van der Waals surface area contributed by atoms with Gasteiger partial charge in [0.05, 0.1) is 17.2 Å². The maximum atomic E-state index is 13.5. The highest BCUT2D eigenvalue weighted by molar-refractivity contribution is 5.91. The largest absolute Gasteiger partial charge is 0.416 e. The molecule has 5 aromatic rings. The molecule has 2 heterocycles. The van der Waals surface area contributed by atoms with Gasteiger partial charge in [-0.05, 0) is 59.0 Å². The third kappa shape index (κ3) is 3.97. The summed E-state index contributed by atoms with van der Waals surface area (Å²) in [7, 11) is 0. The Balaban J connectivity index is 1.78. The number of hydrogen-bond donors (Lipinski definition) is 1. The van der Waals surface area contributed by atoms with Gasteiger partial charge in [-0.2, -0.15) is 23.4 Å². The number of benzene rings is 3. The van der Waals surface area contributed by atoms with E-state index in [2.05, 4.69) is 16.2 Å². The minimum Gasteiger partial charge on any atom is -0.366 e. The van der Waals surface area contributed by atoms with E-state index in [1.165, 1.54) is 10.6 Å². The highest BCUT2D eigenvalue weighted by Crippen LogP contribution is 2.40. The molecular formula is C27H18F3N5. The Morgan fingerprint density at radius 2 is 1.60 bits per heavy atom. The minimum absolute atomic E-state index is 0.0233. The lowest BCUT2D eigenvalue weighted by Gasteiger charge is -2.17. The van der Waals surface area contributed by atoms with Crippen LogP contribution in [-0.2, 0) is 6.18 Å². The van der Waals surface area contributed by atoms with E-state index in [1.807, 2.05) is 43.3 Å². The first-order valence-electron chi connectivity index (χ1n) is 10.7. The molecule has 0 amide bonds. The van der Waals surface area contributed by atoms with E-state index >= 15 is 0 Å². The molecule has 5 rings (SSSR count). The molecule has 172 valence electrons. The first-order chi connectivity index (χ1) is 16.8. The fraction of sp³-hybridized carbons (Fsp3) is 0.0741. The lowest BCUT2D eigenvalue weighted by Crippen LogP contribution is -2.05. The zero-order valence-electron chi connectivity index (χ0n) is 18.5. The number of hydrogen-bond acceptors (Lipinski definition) is 4. The van der Waals surface area contributed by atoms with Crippen LogP contribution >= 0.6 is 0 Å². The SMILES string of the molecule is Cc1c(-c2ccccc2-c2ccc(C#N)cc2)cn2nc(N)nc2c1-c1cccc(C(F)(F)F)c1. The molecule has 0 spiro atoms. The van der Waals surface area contributed by atoms with Gasteiger partial charge >= 0.3 is 6.18 Å². The normalized spacial score (nSPS) is 11.5. The Kier molecular flexibility index (Phi) is 5.25. The van der Waals surface area contributed by atoms with Gasteiger partial charge in [-0.3, -0.25) is 0 Å². The highest BCUT2D eigenvalue weighted by atomic mass is 19.4. The number of pyridine rings is 1. The van der Waals surface area contributed by atoms with Crippen molar-refractivity contribution < 1.29 is 13.2 Å². The van der Waals surface area contributed by atoms with Crippen molar-refractivity contribution in [1.82, 2.24) is 14.6 Å². The van der Waals surface area contributed by atoms with Gasteiger partial charge in [0.1, 0.15) is 0 Å². The predicted octanol–water partition coefficient (Wildman–Crippen LogP) is 6.51. The van der Waals surface area contributed by atoms with Crippen LogP contribution in [0.3, 0.4) is 0 Å². The standard InChI is InChI=1S/C27H18F3N5/c1-16-23(22-8-3-2-7-21(22)18-11-9-17(14-31)10-12-18)15-35-25(33-26(32)34-35)24(16)19-5-4-6-20(13-19)27(28,29)30/h2-13,15H,1H3,(H2,32,34). The van der Waals surface area contributed by atoms with Crippen LogP contribution in [0.2, 0.25) is 0 Å². The Morgan fingerprint density at radius 3 is 2.29 bits per heavy atom. The lowest BCUT2D eigenvalue weighted by atomic mass is 9.89. The van der Waals surface area contributed by atoms with E-state index in [4.69, 9.17) is 11.0 Å². The van der Waals surface area contributed by atoms with Gasteiger partial charge in [0.15, 0.2) is 5.65 Å². The van der Waals surface area contributed by atoms with Crippen LogP contribution in [0.1, 0.15) is 16.7 Å². The van der Waals surface area contributed by atoms with Crippen molar-refractivity contribution in [3.05, 3.63) is 95.7 Å². The molecule has 0 aliphatic carbocycles. The summed E-state index contributed by atoms with van der Waals surface area (Å²) in [5, 5.41) is 13.4. The smallest absolute Gasteiger partial charge is 0.366 e. The second kappa shape index (κ2) is 8.29. The maximum Gasteiger partial charge on any atom is 0.416 e. The molecule has 0 bridgehead atoms. The van der Waals surface area contributed by atoms with Gasteiger partial charge < -0.3 is 5.73 Å². The van der Waals surface area contributed by atoms with Crippen LogP contribution in [0.4, 0.5) is 19.1 Å². The number of rotatable bonds is 3. The zero-order chi connectivity index (χ0) is 24.7. The Hall–Kier alpha value is -4.64. The number of nitrogens with zero attached hydrogens (tertiary/aromatic N) is 4. The van der Waals surface area contributed by atoms with Gasteiger partial charge in [0.25, 0.3) is 0 Å². The van der Waals surface area contributed by atoms with Gasteiger partial charge in [0, 0.05) is 17.3 Å². The van der Waals surface area contributed by atoms with Crippen molar-refractivity contribution in [1.29, 1.82) is 5.26 Å². The second-order valence-electron chi connectivity index (χ2n) is 8.09. The summed E-state index contributed by atoms with van der Waals surface area (Å²) in [5.41, 5.74) is 11.1. The van der Waals surface area contributed by atoms with Crippen LogP contribution in [0.5, 0.6) is 0 Å². The van der Waals surface area contributed by atoms with E-state index in [1.54, 1.807) is 24.4 Å². The molecule has 3 aromatic carbocycles. The molecule has 0 aliphatic rings. The fourth-order valence-corrected chi connectivity index (χ4v) is 4.28. The van der Waals surface area contributed by atoms with Crippen LogP contribution in [-0.4, -0.2) is 14.6 Å². The average molecular weight is 469 g/mol. The van der Waals surface area contributed by atoms with E-state index in [-0.39, 0.29) is 5.95 Å². The molecule has 35 heavy (non-hydrogen) atoms. The van der Waals surface area contributed by atoms with Gasteiger partial charge in [-0.25, -0.2) is 4.52 Å². The average Bonchev–Trinajstić information content (AvgIpc) is 3.23. The first-order valence-corrected chi connectivity index (χ1v) is 10.7. The topological polar surface area (TPSA) is 80.0 Å². The molecular weight excluding hydrogens is 451 g/mol. The number of alkyl halides is 3. The minimum atomic E-state index is -4.48. The zero-order valence-corrected chi connectivity index (χ0v) is 18.5. The molecule has 2 N–H and O–H groups in total. The molecule has 0 unspecified atom stereocenters. The van der Waals surface area contributed by atoms with E-state index in [9.17, 15) is 13.2 Å². The highest BCUT2D eigenvalue weighted by Gasteiger charge is 2.31. The van der Waals surface area contributed by atoms with Crippen molar-refractivity contribution in [2.24, 2.45) is 0 Å². The van der Waals surface area contributed by atoms with Crippen molar-refractivity contribution >= 4 is 11.6 Å². The van der Waals surface area contributed by atoms with Crippen molar-refractivity contribution in [2.45, 2.75) is 13.1 Å². The molecule has 8 heteroatoms. The molecule has 0 atom stereocenters. The quantitative estimate of drug-likeness (QED) is 0.327. The summed E-state index contributed by atoms with van der Waals surface area (Å²) in [6.45, 7) is 1.85. The predicted molar refractivity (Wildman–Crippen MR) is 128 cm³/mol. The van der Waals surface area contributed by atoms with Gasteiger partial charge in [-0.15, -0.1) is 5.10 Å². The number of fused-ring (bicyclic) bond motifs is 1. The number of halogens is 3. The maximum absolute atomic E-state index is 13.5. The van der Waals surface area contributed by atoms with Crippen molar-refractivity contribution in [3.63, 3.8) is 0 Å². The summed E-state index contributed by atoms with van der Waals surface area (Å²) >= 11 is 0. The van der Waals surface area contributed by atoms with Crippen molar-refractivity contribution in [3.8, 4) is 39.4 Å². The molecule has 0 aliphatic heterocycles. The van der Waals surface area contributed by atoms with Gasteiger partial charge in [0.2, 0.25) is 5.95 Å². The number of nitrogens with two attached hydrogens (primary N) is 1. The molecule has 0 fully saturated rings. The third-order valence-electron chi connectivity index (χ3n) is 5.92. The Morgan fingerprint density at radius 1 is 0.886 bits per heavy atom. The molecule has 0 saturated carbocycles. The van der Waals surface area contributed by atoms with Crippen LogP contribution in [0.25, 0.3) is 39.0 Å². The van der Waals surface area contributed by atoms with Crippen LogP contribution in [0, 0.1) is 18.3 Å². The molecule has 0 radical (unpaired) electrons. The molecule has 5 nitrogen and oxygen atoms in total. The second-order valence-corrected chi connectivity index (χ2v) is 8.09. The summed E-state index contributed by atoms with van der Waals surface area (Å²) in [4.78, 5) is 4.29. The monoisotopic (exact) mass is 469 g/mol. The summed E-state index contributed by atoms with van der Waals surface area (Å²) in [6, 6.07) is 22.2. The first kappa shape index (κ1) is 22.2. The number of nitrogen functional groups attached to an aromatic ring is 1. The number of anilines is 1. The van der Waals surface area contributed by atoms with E-state index in [0.717, 1.165) is 39.9 Å². The lowest BCUT2D eigenvalue weighted by molar-refractivity contribution is -0.137. The van der Waals surface area contributed by atoms with E-state index in [0.29, 0.717) is 22.3 Å². The molecule has 2 aromatic heterocycles. The Bertz CT molecular complexity index is 1610. The van der Waals surface area contributed by atoms with Crippen LogP contribution < -0.4 is 5.73 Å². The van der Waals surface area contributed by atoms with Gasteiger partial charge in [-0.1, -0.05) is 48.5 Å². The Labute approximate surface area is 198 Å².